The van der Waals surface area contributed by atoms with Crippen LogP contribution in [0.1, 0.15) is 0 Å². The highest BCUT2D eigenvalue weighted by atomic mass is 32.1. The van der Waals surface area contributed by atoms with Gasteiger partial charge in [-0.05, 0) is 11.1 Å². The van der Waals surface area contributed by atoms with Gasteiger partial charge in [0.05, 0.1) is 0 Å². The summed E-state index contributed by atoms with van der Waals surface area (Å²) in [5, 5.41) is 0.631. The van der Waals surface area contributed by atoms with Gasteiger partial charge in [-0.15, -0.1) is 0 Å². The summed E-state index contributed by atoms with van der Waals surface area (Å²) in [6.45, 7) is 0. The number of nitrogens with zero attached hydrogens (tertiary/aromatic N) is 2. The summed E-state index contributed by atoms with van der Waals surface area (Å²) >= 11 is 5.31. The molecule has 0 unspecified atom stereocenters. The number of rotatable bonds is 1. The molecule has 0 saturated heterocycles. The molecule has 2 aromatic heterocycles. The van der Waals surface area contributed by atoms with Gasteiger partial charge in [0.1, 0.15) is 5.69 Å². The monoisotopic (exact) mass is 238 g/mol. The maximum Gasteiger partial charge on any atom is 0.209 e. The van der Waals surface area contributed by atoms with Crippen LogP contribution in [0.2, 0.25) is 0 Å². The van der Waals surface area contributed by atoms with Gasteiger partial charge in [0.15, 0.2) is 6.20 Å². The second kappa shape index (κ2) is 4.11. The summed E-state index contributed by atoms with van der Waals surface area (Å²) < 4.78 is 2.01. The first-order chi connectivity index (χ1) is 8.34. The first-order valence-corrected chi connectivity index (χ1v) is 5.79. The fourth-order valence-corrected chi connectivity index (χ4v) is 2.10. The zero-order valence-electron chi connectivity index (χ0n) is 9.08. The van der Waals surface area contributed by atoms with E-state index in [0.717, 1.165) is 16.8 Å². The maximum absolute atomic E-state index is 5.31. The number of benzene rings is 1. The molecule has 0 saturated carbocycles. The van der Waals surface area contributed by atoms with E-state index in [9.17, 15) is 0 Å². The number of hydrogen-bond donors (Lipinski definition) is 0. The zero-order chi connectivity index (χ0) is 11.7. The third-order valence-electron chi connectivity index (χ3n) is 2.66. The Balaban J connectivity index is 2.26. The van der Waals surface area contributed by atoms with Gasteiger partial charge in [-0.3, -0.25) is 4.98 Å². The third-order valence-corrected chi connectivity index (χ3v) is 2.96. The van der Waals surface area contributed by atoms with Gasteiger partial charge in [0, 0.05) is 17.7 Å². The summed E-state index contributed by atoms with van der Waals surface area (Å²) in [7, 11) is 0. The Bertz CT molecular complexity index is 665. The fraction of sp³-hybridized carbons (Fsp3) is 0. The van der Waals surface area contributed by atoms with Crippen LogP contribution in [0.3, 0.4) is 0 Å². The molecule has 0 fully saturated rings. The van der Waals surface area contributed by atoms with E-state index in [2.05, 4.69) is 4.98 Å². The van der Waals surface area contributed by atoms with Crippen LogP contribution in [-0.4, -0.2) is 4.98 Å². The van der Waals surface area contributed by atoms with Gasteiger partial charge in [0.2, 0.25) is 11.7 Å². The van der Waals surface area contributed by atoms with E-state index < -0.39 is 0 Å². The molecule has 82 valence electrons. The molecule has 2 heterocycles. The Morgan fingerprint density at radius 3 is 2.53 bits per heavy atom. The van der Waals surface area contributed by atoms with E-state index in [1.807, 2.05) is 65.3 Å². The lowest BCUT2D eigenvalue weighted by Gasteiger charge is -2.07. The Morgan fingerprint density at radius 2 is 1.71 bits per heavy atom. The molecule has 3 rings (SSSR count). The van der Waals surface area contributed by atoms with Gasteiger partial charge in [-0.25, -0.2) is 0 Å². The molecule has 0 N–H and O–H groups in total. The van der Waals surface area contributed by atoms with E-state index in [4.69, 9.17) is 12.6 Å². The van der Waals surface area contributed by atoms with E-state index in [1.165, 1.54) is 0 Å². The highest BCUT2D eigenvalue weighted by Crippen LogP contribution is 2.16. The van der Waals surface area contributed by atoms with Crippen molar-refractivity contribution in [3.8, 4) is 11.3 Å². The van der Waals surface area contributed by atoms with E-state index in [1.54, 1.807) is 0 Å². The first kappa shape index (κ1) is 10.2. The van der Waals surface area contributed by atoms with Crippen LogP contribution < -0.4 is 4.40 Å². The molecule has 0 spiro atoms. The number of aromatic nitrogens is 2. The fourth-order valence-electron chi connectivity index (χ4n) is 1.83. The average Bonchev–Trinajstić information content (AvgIpc) is 2.40. The molecule has 2 nitrogen and oxygen atoms in total. The van der Waals surface area contributed by atoms with Crippen molar-refractivity contribution in [1.82, 2.24) is 4.98 Å². The van der Waals surface area contributed by atoms with Crippen LogP contribution in [0.4, 0.5) is 0 Å². The Morgan fingerprint density at radius 1 is 0.941 bits per heavy atom. The topological polar surface area (TPSA) is 17.0 Å². The highest BCUT2D eigenvalue weighted by Gasteiger charge is 2.07. The predicted molar refractivity (Wildman–Crippen MR) is 68.5 cm³/mol. The Labute approximate surface area is 105 Å². The molecule has 0 radical (unpaired) electrons. The van der Waals surface area contributed by atoms with Crippen molar-refractivity contribution in [2.45, 2.75) is 5.03 Å². The number of fused-ring (bicyclic) bond motifs is 1. The molecule has 0 bridgehead atoms. The largest absolute Gasteiger partial charge is 0.754 e. The van der Waals surface area contributed by atoms with Crippen LogP contribution in [-0.2, 0) is 12.6 Å². The standard InChI is InChI=1S/C14H10N2S/c17-14-13-8-4-5-9-16(13)10-12(15-14)11-6-2-1-3-7-11/h1-10H. The predicted octanol–water partition coefficient (Wildman–Crippen LogP) is 2.39. The van der Waals surface area contributed by atoms with Crippen molar-refractivity contribution in [2.24, 2.45) is 0 Å². The summed E-state index contributed by atoms with van der Waals surface area (Å²) in [6, 6.07) is 16.0. The quantitative estimate of drug-likeness (QED) is 0.478. The van der Waals surface area contributed by atoms with Crippen LogP contribution in [0, 0.1) is 0 Å². The van der Waals surface area contributed by atoms with Crippen molar-refractivity contribution in [3.63, 3.8) is 0 Å². The third kappa shape index (κ3) is 1.85. The lowest BCUT2D eigenvalue weighted by atomic mass is 10.2. The van der Waals surface area contributed by atoms with Crippen LogP contribution in [0.15, 0.2) is 66.0 Å². The van der Waals surface area contributed by atoms with Crippen molar-refractivity contribution in [1.29, 1.82) is 0 Å². The summed E-state index contributed by atoms with van der Waals surface area (Å²) in [4.78, 5) is 4.47. The van der Waals surface area contributed by atoms with E-state index in [-0.39, 0.29) is 0 Å². The second-order valence-electron chi connectivity index (χ2n) is 3.79. The van der Waals surface area contributed by atoms with Crippen molar-refractivity contribution < 1.29 is 4.40 Å². The molecule has 3 heteroatoms. The van der Waals surface area contributed by atoms with Crippen molar-refractivity contribution in [3.05, 3.63) is 60.9 Å². The minimum atomic E-state index is 0.631. The molecule has 3 aromatic rings. The highest BCUT2D eigenvalue weighted by molar-refractivity contribution is 7.58. The zero-order valence-corrected chi connectivity index (χ0v) is 9.89. The lowest BCUT2D eigenvalue weighted by molar-refractivity contribution is -0.513. The van der Waals surface area contributed by atoms with E-state index in [0.29, 0.717) is 5.03 Å². The van der Waals surface area contributed by atoms with Gasteiger partial charge >= 0.3 is 0 Å². The Kier molecular flexibility index (Phi) is 2.46. The van der Waals surface area contributed by atoms with Crippen molar-refractivity contribution in [2.75, 3.05) is 0 Å². The summed E-state index contributed by atoms with van der Waals surface area (Å²) in [5.41, 5.74) is 2.94. The minimum Gasteiger partial charge on any atom is -0.754 e. The summed E-state index contributed by atoms with van der Waals surface area (Å²) in [5.74, 6) is 0. The second-order valence-corrected chi connectivity index (χ2v) is 4.18. The normalized spacial score (nSPS) is 10.6. The SMILES string of the molecule is [S-]c1nc(-c2ccccc2)c[n+]2ccccc12. The van der Waals surface area contributed by atoms with Crippen LogP contribution >= 0.6 is 0 Å². The molecule has 17 heavy (non-hydrogen) atoms. The molecule has 0 amide bonds. The molecule has 1 aromatic carbocycles. The van der Waals surface area contributed by atoms with Gasteiger partial charge < -0.3 is 12.6 Å². The van der Waals surface area contributed by atoms with Crippen LogP contribution in [0.5, 0.6) is 0 Å². The van der Waals surface area contributed by atoms with Crippen LogP contribution in [0.25, 0.3) is 16.8 Å². The smallest absolute Gasteiger partial charge is 0.209 e. The minimum absolute atomic E-state index is 0.631. The number of pyridine rings is 1. The molecular weight excluding hydrogens is 228 g/mol. The molecule has 0 aliphatic heterocycles. The molecule has 0 aliphatic rings. The molecule has 0 atom stereocenters. The van der Waals surface area contributed by atoms with Crippen molar-refractivity contribution >= 4 is 18.1 Å². The van der Waals surface area contributed by atoms with Gasteiger partial charge in [0.25, 0.3) is 0 Å². The maximum atomic E-state index is 5.31. The number of hydrogen-bond acceptors (Lipinski definition) is 2. The van der Waals surface area contributed by atoms with Gasteiger partial charge in [-0.2, -0.15) is 4.40 Å². The molecule has 0 aliphatic carbocycles. The lowest BCUT2D eigenvalue weighted by Crippen LogP contribution is -2.22. The average molecular weight is 238 g/mol. The molecular formula is C14H10N2S. The Hall–Kier alpha value is -2.00. The van der Waals surface area contributed by atoms with Gasteiger partial charge in [-0.1, -0.05) is 30.3 Å². The summed E-state index contributed by atoms with van der Waals surface area (Å²) in [6.07, 6.45) is 3.99. The first-order valence-electron chi connectivity index (χ1n) is 5.38. The van der Waals surface area contributed by atoms with E-state index >= 15 is 0 Å².